The van der Waals surface area contributed by atoms with Gasteiger partial charge in [0.2, 0.25) is 0 Å². The highest BCUT2D eigenvalue weighted by molar-refractivity contribution is 6.11. The summed E-state index contributed by atoms with van der Waals surface area (Å²) in [6.07, 6.45) is 1.89. The minimum absolute atomic E-state index is 0.0693. The first-order chi connectivity index (χ1) is 19.6. The molecule has 3 aliphatic heterocycles. The van der Waals surface area contributed by atoms with Crippen molar-refractivity contribution in [3.05, 3.63) is 70.8 Å². The molecule has 1 N–H and O–H groups in total. The SMILES string of the molecule is CC1CC(Cc2nncn2C)(c2cccc(N3Cc4c(cc(N5CC6(CCNCC6)C5)cc4C(F)(F)F)C3=O)c2)C1. The van der Waals surface area contributed by atoms with Gasteiger partial charge in [-0.1, -0.05) is 19.1 Å². The lowest BCUT2D eigenvalue weighted by Crippen LogP contribution is -2.60. The molecule has 1 spiro atoms. The second-order valence-electron chi connectivity index (χ2n) is 12.9. The average Bonchev–Trinajstić information content (AvgIpc) is 3.47. The highest BCUT2D eigenvalue weighted by Crippen LogP contribution is 2.51. The molecule has 7 rings (SSSR count). The Morgan fingerprint density at radius 1 is 1.07 bits per heavy atom. The number of anilines is 2. The van der Waals surface area contributed by atoms with Crippen LogP contribution >= 0.6 is 0 Å². The van der Waals surface area contributed by atoms with Gasteiger partial charge >= 0.3 is 6.18 Å². The summed E-state index contributed by atoms with van der Waals surface area (Å²) >= 11 is 0. The molecule has 0 unspecified atom stereocenters. The topological polar surface area (TPSA) is 66.3 Å². The highest BCUT2D eigenvalue weighted by atomic mass is 19.4. The summed E-state index contributed by atoms with van der Waals surface area (Å²) in [5, 5.41) is 11.7. The highest BCUT2D eigenvalue weighted by Gasteiger charge is 2.47. The third-order valence-electron chi connectivity index (χ3n) is 9.96. The Morgan fingerprint density at radius 3 is 2.49 bits per heavy atom. The summed E-state index contributed by atoms with van der Waals surface area (Å²) in [5.74, 6) is 1.08. The van der Waals surface area contributed by atoms with E-state index in [0.717, 1.165) is 69.7 Å². The van der Waals surface area contributed by atoms with Crippen LogP contribution in [0.2, 0.25) is 0 Å². The Labute approximate surface area is 237 Å². The van der Waals surface area contributed by atoms with Gasteiger partial charge in [0.1, 0.15) is 12.2 Å². The summed E-state index contributed by atoms with van der Waals surface area (Å²) < 4.78 is 45.0. The number of nitrogens with zero attached hydrogens (tertiary/aromatic N) is 5. The molecular weight excluding hydrogens is 529 g/mol. The fourth-order valence-electron chi connectivity index (χ4n) is 7.79. The van der Waals surface area contributed by atoms with Crippen LogP contribution in [0.5, 0.6) is 0 Å². The second-order valence-corrected chi connectivity index (χ2v) is 12.9. The van der Waals surface area contributed by atoms with E-state index in [1.807, 2.05) is 34.7 Å². The van der Waals surface area contributed by atoms with E-state index in [0.29, 0.717) is 17.3 Å². The van der Waals surface area contributed by atoms with E-state index in [1.165, 1.54) is 11.0 Å². The third kappa shape index (κ3) is 4.42. The van der Waals surface area contributed by atoms with Crippen molar-refractivity contribution in [2.75, 3.05) is 36.0 Å². The minimum atomic E-state index is -4.54. The van der Waals surface area contributed by atoms with Gasteiger partial charge < -0.3 is 19.7 Å². The fraction of sp³-hybridized carbons (Fsp3) is 0.516. The first-order valence-corrected chi connectivity index (χ1v) is 14.5. The number of carbonyl (C=O) groups is 1. The summed E-state index contributed by atoms with van der Waals surface area (Å²) in [4.78, 5) is 17.3. The van der Waals surface area contributed by atoms with Crippen molar-refractivity contribution in [3.8, 4) is 0 Å². The molecule has 2 saturated heterocycles. The summed E-state index contributed by atoms with van der Waals surface area (Å²) in [6, 6.07) is 10.8. The normalized spacial score (nSPS) is 25.3. The number of piperidine rings is 1. The van der Waals surface area contributed by atoms with Crippen LogP contribution in [0.25, 0.3) is 0 Å². The number of amides is 1. The molecule has 0 radical (unpaired) electrons. The van der Waals surface area contributed by atoms with E-state index in [4.69, 9.17) is 0 Å². The van der Waals surface area contributed by atoms with E-state index < -0.39 is 11.7 Å². The van der Waals surface area contributed by atoms with Crippen molar-refractivity contribution in [1.29, 1.82) is 0 Å². The Hall–Kier alpha value is -3.40. The predicted octanol–water partition coefficient (Wildman–Crippen LogP) is 5.09. The number of nitrogens with one attached hydrogen (secondary N) is 1. The van der Waals surface area contributed by atoms with E-state index >= 15 is 0 Å². The van der Waals surface area contributed by atoms with Gasteiger partial charge in [-0.2, -0.15) is 13.2 Å². The first-order valence-electron chi connectivity index (χ1n) is 14.5. The molecule has 3 fully saturated rings. The van der Waals surface area contributed by atoms with Gasteiger partial charge in [-0.05, 0) is 80.1 Å². The van der Waals surface area contributed by atoms with Gasteiger partial charge in [0, 0.05) is 54.3 Å². The van der Waals surface area contributed by atoms with Crippen molar-refractivity contribution < 1.29 is 18.0 Å². The zero-order valence-electron chi connectivity index (χ0n) is 23.5. The second kappa shape index (κ2) is 9.31. The molecule has 41 heavy (non-hydrogen) atoms. The molecule has 10 heteroatoms. The molecule has 0 bridgehead atoms. The number of carbonyl (C=O) groups excluding carboxylic acids is 1. The van der Waals surface area contributed by atoms with Crippen molar-refractivity contribution in [3.63, 3.8) is 0 Å². The lowest BCUT2D eigenvalue weighted by atomic mass is 9.57. The molecule has 1 saturated carbocycles. The van der Waals surface area contributed by atoms with Crippen LogP contribution in [0, 0.1) is 11.3 Å². The van der Waals surface area contributed by atoms with Crippen LogP contribution in [0.15, 0.2) is 42.7 Å². The van der Waals surface area contributed by atoms with Gasteiger partial charge in [0.05, 0.1) is 12.1 Å². The third-order valence-corrected chi connectivity index (χ3v) is 9.96. The number of aromatic nitrogens is 3. The maximum absolute atomic E-state index is 14.4. The lowest BCUT2D eigenvalue weighted by Gasteiger charge is -2.53. The predicted molar refractivity (Wildman–Crippen MR) is 150 cm³/mol. The Kier molecular flexibility index (Phi) is 6.01. The smallest absolute Gasteiger partial charge is 0.370 e. The van der Waals surface area contributed by atoms with Crippen LogP contribution in [-0.4, -0.2) is 46.9 Å². The van der Waals surface area contributed by atoms with Crippen LogP contribution in [0.1, 0.15) is 65.5 Å². The van der Waals surface area contributed by atoms with Crippen LogP contribution in [-0.2, 0) is 31.6 Å². The summed E-state index contributed by atoms with van der Waals surface area (Å²) in [5.41, 5.74) is 1.77. The number of benzene rings is 2. The number of hydrogen-bond donors (Lipinski definition) is 1. The largest absolute Gasteiger partial charge is 0.416 e. The maximum atomic E-state index is 14.4. The van der Waals surface area contributed by atoms with E-state index in [-0.39, 0.29) is 34.4 Å². The van der Waals surface area contributed by atoms with Gasteiger partial charge in [0.25, 0.3) is 5.91 Å². The standard InChI is InChI=1S/C31H35F3N6O/c1-20-13-30(14-20,15-27-37-36-19-38(27)2)21-4-3-5-22(10-21)40-16-25-24(28(40)41)11-23(12-26(25)31(32,33)34)39-17-29(18-39)6-8-35-9-7-29/h3-5,10-12,19-20,35H,6-9,13-18H2,1-2H3. The zero-order chi connectivity index (χ0) is 28.6. The number of hydrogen-bond acceptors (Lipinski definition) is 5. The molecule has 2 aromatic carbocycles. The first kappa shape index (κ1) is 26.5. The van der Waals surface area contributed by atoms with Gasteiger partial charge in [-0.3, -0.25) is 4.79 Å². The van der Waals surface area contributed by atoms with Crippen molar-refractivity contribution in [1.82, 2.24) is 20.1 Å². The van der Waals surface area contributed by atoms with E-state index in [1.54, 1.807) is 12.4 Å². The minimum Gasteiger partial charge on any atom is -0.370 e. The fourth-order valence-corrected chi connectivity index (χ4v) is 7.79. The van der Waals surface area contributed by atoms with E-state index in [9.17, 15) is 18.0 Å². The van der Waals surface area contributed by atoms with Crippen LogP contribution in [0.4, 0.5) is 24.5 Å². The van der Waals surface area contributed by atoms with Crippen molar-refractivity contribution in [2.45, 2.75) is 57.2 Å². The van der Waals surface area contributed by atoms with Crippen molar-refractivity contribution in [2.24, 2.45) is 18.4 Å². The lowest BCUT2D eigenvalue weighted by molar-refractivity contribution is -0.138. The van der Waals surface area contributed by atoms with E-state index in [2.05, 4.69) is 28.5 Å². The quantitative estimate of drug-likeness (QED) is 0.468. The molecule has 0 atom stereocenters. The summed E-state index contributed by atoms with van der Waals surface area (Å²) in [7, 11) is 1.93. The Morgan fingerprint density at radius 2 is 1.83 bits per heavy atom. The van der Waals surface area contributed by atoms with Crippen LogP contribution < -0.4 is 15.1 Å². The Balaban J connectivity index is 1.19. The molecule has 7 nitrogen and oxygen atoms in total. The number of fused-ring (bicyclic) bond motifs is 1. The zero-order valence-corrected chi connectivity index (χ0v) is 23.5. The molecule has 3 aromatic rings. The maximum Gasteiger partial charge on any atom is 0.416 e. The molecule has 1 amide bonds. The van der Waals surface area contributed by atoms with Gasteiger partial charge in [-0.15, -0.1) is 10.2 Å². The molecule has 1 aliphatic carbocycles. The molecular formula is C31H35F3N6O. The van der Waals surface area contributed by atoms with Gasteiger partial charge in [0.15, 0.2) is 0 Å². The number of halogens is 3. The number of rotatable bonds is 5. The average molecular weight is 565 g/mol. The molecule has 4 aliphatic rings. The van der Waals surface area contributed by atoms with Gasteiger partial charge in [-0.25, -0.2) is 0 Å². The molecule has 216 valence electrons. The Bertz CT molecular complexity index is 1490. The number of aryl methyl sites for hydroxylation is 1. The van der Waals surface area contributed by atoms with Crippen LogP contribution in [0.3, 0.4) is 0 Å². The van der Waals surface area contributed by atoms with Crippen molar-refractivity contribution >= 4 is 17.3 Å². The molecule has 4 heterocycles. The number of alkyl halides is 3. The molecule has 1 aromatic heterocycles. The summed E-state index contributed by atoms with van der Waals surface area (Å²) in [6.45, 7) is 5.48. The monoisotopic (exact) mass is 564 g/mol.